The second-order valence-electron chi connectivity index (χ2n) is 6.73. The number of hydrogen-bond acceptors (Lipinski definition) is 1. The molecule has 26 heavy (non-hydrogen) atoms. The standard InChI is InChI=1S/C23H27ClNP/c1-3-25(24)26(4-2,22-16-10-6-11-17-22,23-18-12-7-13-19-23)20-21-14-8-5-9-15-21/h5-19H,3-4,20H2,1-2H3. The van der Waals surface area contributed by atoms with Crippen LogP contribution in [-0.2, 0) is 6.16 Å². The Morgan fingerprint density at radius 1 is 0.692 bits per heavy atom. The molecule has 0 N–H and O–H groups in total. The molecule has 3 heteroatoms. The summed E-state index contributed by atoms with van der Waals surface area (Å²) < 4.78 is 2.14. The number of hydrogen-bond donors (Lipinski definition) is 0. The van der Waals surface area contributed by atoms with E-state index in [1.165, 1.54) is 16.2 Å². The van der Waals surface area contributed by atoms with Gasteiger partial charge in [0.05, 0.1) is 0 Å². The third-order valence-electron chi connectivity index (χ3n) is 5.56. The molecule has 0 atom stereocenters. The molecule has 0 radical (unpaired) electrons. The van der Waals surface area contributed by atoms with Crippen molar-refractivity contribution in [2.45, 2.75) is 20.0 Å². The molecule has 1 nitrogen and oxygen atoms in total. The molecule has 0 bridgehead atoms. The molecule has 0 saturated carbocycles. The van der Waals surface area contributed by atoms with Crippen molar-refractivity contribution in [3.05, 3.63) is 96.6 Å². The predicted octanol–water partition coefficient (Wildman–Crippen LogP) is 5.80. The van der Waals surface area contributed by atoms with Gasteiger partial charge in [-0.2, -0.15) is 0 Å². The van der Waals surface area contributed by atoms with Crippen molar-refractivity contribution in [1.82, 2.24) is 4.19 Å². The molecular weight excluding hydrogens is 357 g/mol. The fourth-order valence-corrected chi connectivity index (χ4v) is 11.2. The quantitative estimate of drug-likeness (QED) is 0.368. The molecule has 0 aromatic heterocycles. The SMILES string of the molecule is CCN(Cl)P(CC)(Cc1ccccc1)(c1ccccc1)c1ccccc1. The van der Waals surface area contributed by atoms with Gasteiger partial charge in [-0.15, -0.1) is 0 Å². The third-order valence-corrected chi connectivity index (χ3v) is 13.7. The van der Waals surface area contributed by atoms with Gasteiger partial charge in [-0.25, -0.2) is 0 Å². The number of nitrogens with zero attached hydrogens (tertiary/aromatic N) is 1. The number of rotatable bonds is 7. The molecule has 3 rings (SSSR count). The zero-order chi connectivity index (χ0) is 18.5. The van der Waals surface area contributed by atoms with Gasteiger partial charge in [-0.1, -0.05) is 0 Å². The summed E-state index contributed by atoms with van der Waals surface area (Å²) in [6.45, 7) is 2.42. The topological polar surface area (TPSA) is 3.24 Å². The Kier molecular flexibility index (Phi) is 5.82. The second kappa shape index (κ2) is 7.92. The average molecular weight is 384 g/mol. The molecule has 3 aromatic carbocycles. The van der Waals surface area contributed by atoms with E-state index in [1.807, 2.05) is 0 Å². The van der Waals surface area contributed by atoms with Crippen molar-refractivity contribution >= 4 is 29.1 Å². The molecule has 3 aromatic rings. The van der Waals surface area contributed by atoms with Gasteiger partial charge in [0.1, 0.15) is 0 Å². The summed E-state index contributed by atoms with van der Waals surface area (Å²) >= 11 is 7.16. The van der Waals surface area contributed by atoms with Gasteiger partial charge in [0, 0.05) is 0 Å². The molecular formula is C23H27ClNP. The Labute approximate surface area is 162 Å². The fraction of sp³-hybridized carbons (Fsp3) is 0.217. The van der Waals surface area contributed by atoms with Gasteiger partial charge in [0.15, 0.2) is 0 Å². The van der Waals surface area contributed by atoms with E-state index < -0.39 is 6.75 Å². The molecule has 0 aliphatic carbocycles. The predicted molar refractivity (Wildman–Crippen MR) is 118 cm³/mol. The van der Waals surface area contributed by atoms with Crippen molar-refractivity contribution in [2.75, 3.05) is 12.7 Å². The van der Waals surface area contributed by atoms with E-state index in [0.29, 0.717) is 0 Å². The van der Waals surface area contributed by atoms with Crippen LogP contribution in [0.5, 0.6) is 0 Å². The van der Waals surface area contributed by atoms with Crippen LogP contribution < -0.4 is 10.6 Å². The van der Waals surface area contributed by atoms with Gasteiger partial charge >= 0.3 is 163 Å². The van der Waals surface area contributed by atoms with E-state index >= 15 is 0 Å². The van der Waals surface area contributed by atoms with Crippen molar-refractivity contribution < 1.29 is 0 Å². The van der Waals surface area contributed by atoms with E-state index in [1.54, 1.807) is 0 Å². The Bertz CT molecular complexity index is 781. The molecule has 0 aliphatic heterocycles. The molecule has 0 fully saturated rings. The summed E-state index contributed by atoms with van der Waals surface area (Å²) in [5.74, 6) is 0. The van der Waals surface area contributed by atoms with Gasteiger partial charge in [0.2, 0.25) is 0 Å². The first-order valence-electron chi connectivity index (χ1n) is 9.26. The first-order valence-corrected chi connectivity index (χ1v) is 12.2. The van der Waals surface area contributed by atoms with E-state index in [2.05, 4.69) is 109 Å². The van der Waals surface area contributed by atoms with Gasteiger partial charge in [0.25, 0.3) is 0 Å². The van der Waals surface area contributed by atoms with Crippen LogP contribution in [0.25, 0.3) is 0 Å². The Hall–Kier alpha value is -1.66. The maximum atomic E-state index is 7.16. The summed E-state index contributed by atoms with van der Waals surface area (Å²) in [7, 11) is 0. The van der Waals surface area contributed by atoms with Crippen LogP contribution in [0.15, 0.2) is 91.0 Å². The first-order chi connectivity index (χ1) is 12.7. The summed E-state index contributed by atoms with van der Waals surface area (Å²) in [6.07, 6.45) is 1.93. The molecule has 0 aliphatic rings. The Balaban J connectivity index is 2.38. The van der Waals surface area contributed by atoms with Crippen molar-refractivity contribution in [1.29, 1.82) is 0 Å². The minimum absolute atomic E-state index is 0.795. The summed E-state index contributed by atoms with van der Waals surface area (Å²) in [5, 5.41) is 2.71. The van der Waals surface area contributed by atoms with Crippen LogP contribution >= 0.6 is 18.5 Å². The van der Waals surface area contributed by atoms with Crippen LogP contribution in [0.4, 0.5) is 0 Å². The average Bonchev–Trinajstić information content (AvgIpc) is 2.74. The molecule has 0 spiro atoms. The summed E-state index contributed by atoms with van der Waals surface area (Å²) in [6, 6.07) is 32.6. The van der Waals surface area contributed by atoms with E-state index in [4.69, 9.17) is 11.8 Å². The minimum atomic E-state index is -2.83. The third kappa shape index (κ3) is 2.99. The summed E-state index contributed by atoms with van der Waals surface area (Å²) in [4.78, 5) is 0. The zero-order valence-electron chi connectivity index (χ0n) is 15.6. The van der Waals surface area contributed by atoms with E-state index in [9.17, 15) is 0 Å². The van der Waals surface area contributed by atoms with E-state index in [0.717, 1.165) is 18.9 Å². The fourth-order valence-electron chi connectivity index (χ4n) is 4.17. The molecule has 0 unspecified atom stereocenters. The van der Waals surface area contributed by atoms with Gasteiger partial charge in [-0.05, 0) is 0 Å². The second-order valence-corrected chi connectivity index (χ2v) is 12.7. The van der Waals surface area contributed by atoms with Crippen molar-refractivity contribution in [3.8, 4) is 0 Å². The molecule has 0 amide bonds. The van der Waals surface area contributed by atoms with Crippen LogP contribution in [0.1, 0.15) is 19.4 Å². The molecule has 0 heterocycles. The molecule has 136 valence electrons. The Morgan fingerprint density at radius 3 is 1.50 bits per heavy atom. The van der Waals surface area contributed by atoms with Crippen LogP contribution in [0, 0.1) is 0 Å². The van der Waals surface area contributed by atoms with Gasteiger partial charge < -0.3 is 0 Å². The van der Waals surface area contributed by atoms with E-state index in [-0.39, 0.29) is 0 Å². The monoisotopic (exact) mass is 383 g/mol. The molecule has 0 saturated heterocycles. The first kappa shape index (κ1) is 19.1. The normalized spacial score (nSPS) is 13.3. The van der Waals surface area contributed by atoms with Gasteiger partial charge in [-0.3, -0.25) is 0 Å². The number of benzene rings is 3. The summed E-state index contributed by atoms with van der Waals surface area (Å²) in [5.41, 5.74) is 1.33. The van der Waals surface area contributed by atoms with Crippen molar-refractivity contribution in [3.63, 3.8) is 0 Å². The van der Waals surface area contributed by atoms with Crippen LogP contribution in [0.2, 0.25) is 0 Å². The zero-order valence-corrected chi connectivity index (χ0v) is 17.2. The van der Waals surface area contributed by atoms with Crippen molar-refractivity contribution in [2.24, 2.45) is 0 Å². The van der Waals surface area contributed by atoms with Crippen LogP contribution in [-0.4, -0.2) is 16.9 Å². The number of halogens is 1. The van der Waals surface area contributed by atoms with Crippen LogP contribution in [0.3, 0.4) is 0 Å². The maximum absolute atomic E-state index is 7.16. The Morgan fingerprint density at radius 2 is 1.12 bits per heavy atom.